The molecule has 3 rings (SSSR count). The number of likely N-dealkylation sites (tertiary alicyclic amines) is 1. The predicted octanol–water partition coefficient (Wildman–Crippen LogP) is 1.76. The van der Waals surface area contributed by atoms with Gasteiger partial charge in [0.25, 0.3) is 5.91 Å². The second-order valence-electron chi connectivity index (χ2n) is 5.83. The first-order valence-electron chi connectivity index (χ1n) is 7.13. The average molecular weight is 263 g/mol. The number of hydrogen-bond donors (Lipinski definition) is 1. The quantitative estimate of drug-likeness (QED) is 0.903. The normalized spacial score (nSPS) is 28.3. The fourth-order valence-electron chi connectivity index (χ4n) is 2.70. The van der Waals surface area contributed by atoms with E-state index >= 15 is 0 Å². The fourth-order valence-corrected chi connectivity index (χ4v) is 2.70. The van der Waals surface area contributed by atoms with E-state index in [1.54, 1.807) is 6.07 Å². The van der Waals surface area contributed by atoms with Crippen LogP contribution in [0, 0.1) is 0 Å². The minimum absolute atomic E-state index is 0.109. The molecule has 2 fully saturated rings. The summed E-state index contributed by atoms with van der Waals surface area (Å²) < 4.78 is 5.23. The van der Waals surface area contributed by atoms with Gasteiger partial charge < -0.3 is 14.7 Å². The van der Waals surface area contributed by atoms with E-state index in [1.807, 2.05) is 0 Å². The molecule has 1 amide bonds. The molecule has 0 aromatic carbocycles. The average Bonchev–Trinajstić information content (AvgIpc) is 3.12. The first kappa shape index (κ1) is 12.7. The maximum atomic E-state index is 12.2. The van der Waals surface area contributed by atoms with Gasteiger partial charge in [-0.15, -0.1) is 0 Å². The molecule has 1 saturated carbocycles. The molecule has 1 aromatic rings. The smallest absolute Gasteiger partial charge is 0.273 e. The summed E-state index contributed by atoms with van der Waals surface area (Å²) in [5, 5.41) is 6.97. The molecule has 5 nitrogen and oxygen atoms in total. The standard InChI is InChI=1S/C14H21N3O2/c1-9-11(4-3-7-17(9)2)15-14(18)12-8-13(19-16-12)10-5-6-10/h8-11H,3-7H2,1-2H3,(H,15,18). The summed E-state index contributed by atoms with van der Waals surface area (Å²) in [5.41, 5.74) is 0.419. The largest absolute Gasteiger partial charge is 0.360 e. The van der Waals surface area contributed by atoms with Crippen LogP contribution < -0.4 is 5.32 Å². The monoisotopic (exact) mass is 263 g/mol. The highest BCUT2D eigenvalue weighted by atomic mass is 16.5. The van der Waals surface area contributed by atoms with E-state index in [2.05, 4.69) is 29.3 Å². The molecule has 1 aliphatic heterocycles. The van der Waals surface area contributed by atoms with Crippen molar-refractivity contribution in [1.29, 1.82) is 0 Å². The summed E-state index contributed by atoms with van der Waals surface area (Å²) >= 11 is 0. The Morgan fingerprint density at radius 1 is 1.47 bits per heavy atom. The molecule has 0 spiro atoms. The second-order valence-corrected chi connectivity index (χ2v) is 5.83. The number of nitrogens with one attached hydrogen (secondary N) is 1. The second kappa shape index (κ2) is 4.96. The zero-order valence-corrected chi connectivity index (χ0v) is 11.6. The molecule has 1 aromatic heterocycles. The zero-order chi connectivity index (χ0) is 13.4. The van der Waals surface area contributed by atoms with Gasteiger partial charge in [-0.2, -0.15) is 0 Å². The Morgan fingerprint density at radius 3 is 3.00 bits per heavy atom. The highest BCUT2D eigenvalue weighted by Crippen LogP contribution is 2.40. The number of rotatable bonds is 3. The van der Waals surface area contributed by atoms with E-state index in [0.29, 0.717) is 17.7 Å². The third kappa shape index (κ3) is 2.66. The topological polar surface area (TPSA) is 58.4 Å². The number of piperidine rings is 1. The van der Waals surface area contributed by atoms with Crippen LogP contribution in [0.25, 0.3) is 0 Å². The number of aromatic nitrogens is 1. The lowest BCUT2D eigenvalue weighted by molar-refractivity contribution is 0.0859. The summed E-state index contributed by atoms with van der Waals surface area (Å²) in [6.07, 6.45) is 4.46. The Balaban J connectivity index is 1.63. The van der Waals surface area contributed by atoms with E-state index in [4.69, 9.17) is 4.52 Å². The number of likely N-dealkylation sites (N-methyl/N-ethyl adjacent to an activating group) is 1. The van der Waals surface area contributed by atoms with Crippen molar-refractivity contribution in [3.63, 3.8) is 0 Å². The maximum Gasteiger partial charge on any atom is 0.273 e. The number of hydrogen-bond acceptors (Lipinski definition) is 4. The molecule has 5 heteroatoms. The minimum Gasteiger partial charge on any atom is -0.360 e. The van der Waals surface area contributed by atoms with Gasteiger partial charge in [-0.25, -0.2) is 0 Å². The summed E-state index contributed by atoms with van der Waals surface area (Å²) in [7, 11) is 2.10. The van der Waals surface area contributed by atoms with Crippen molar-refractivity contribution >= 4 is 5.91 Å². The van der Waals surface area contributed by atoms with Crippen molar-refractivity contribution in [2.75, 3.05) is 13.6 Å². The summed E-state index contributed by atoms with van der Waals surface area (Å²) in [4.78, 5) is 14.5. The van der Waals surface area contributed by atoms with E-state index < -0.39 is 0 Å². The molecular formula is C14H21N3O2. The molecule has 2 heterocycles. The maximum absolute atomic E-state index is 12.2. The lowest BCUT2D eigenvalue weighted by Crippen LogP contribution is -2.52. The number of carbonyl (C=O) groups excluding carboxylic acids is 1. The van der Waals surface area contributed by atoms with Crippen LogP contribution in [0.5, 0.6) is 0 Å². The fraction of sp³-hybridized carbons (Fsp3) is 0.714. The van der Waals surface area contributed by atoms with Crippen molar-refractivity contribution in [1.82, 2.24) is 15.4 Å². The summed E-state index contributed by atoms with van der Waals surface area (Å²) in [6, 6.07) is 2.37. The number of carbonyl (C=O) groups is 1. The van der Waals surface area contributed by atoms with E-state index in [9.17, 15) is 4.79 Å². The molecule has 2 unspecified atom stereocenters. The first-order valence-corrected chi connectivity index (χ1v) is 7.13. The Bertz CT molecular complexity index is 467. The first-order chi connectivity index (χ1) is 9.15. The van der Waals surface area contributed by atoms with Gasteiger partial charge in [-0.3, -0.25) is 4.79 Å². The van der Waals surface area contributed by atoms with Crippen LogP contribution >= 0.6 is 0 Å². The van der Waals surface area contributed by atoms with Gasteiger partial charge in [0.2, 0.25) is 0 Å². The van der Waals surface area contributed by atoms with Crippen molar-refractivity contribution in [2.24, 2.45) is 0 Å². The zero-order valence-electron chi connectivity index (χ0n) is 11.6. The van der Waals surface area contributed by atoms with Crippen LogP contribution in [0.4, 0.5) is 0 Å². The predicted molar refractivity (Wildman–Crippen MR) is 71.1 cm³/mol. The van der Waals surface area contributed by atoms with Crippen molar-refractivity contribution < 1.29 is 9.32 Å². The SMILES string of the molecule is CC1C(NC(=O)c2cc(C3CC3)on2)CCCN1C. The van der Waals surface area contributed by atoms with Crippen LogP contribution in [0.2, 0.25) is 0 Å². The van der Waals surface area contributed by atoms with Gasteiger partial charge in [-0.1, -0.05) is 5.16 Å². The highest BCUT2D eigenvalue weighted by Gasteiger charge is 2.30. The van der Waals surface area contributed by atoms with E-state index in [1.165, 1.54) is 0 Å². The van der Waals surface area contributed by atoms with Crippen LogP contribution in [0.1, 0.15) is 54.8 Å². The Morgan fingerprint density at radius 2 is 2.26 bits per heavy atom. The molecule has 0 bridgehead atoms. The van der Waals surface area contributed by atoms with Crippen molar-refractivity contribution in [3.05, 3.63) is 17.5 Å². The van der Waals surface area contributed by atoms with Crippen molar-refractivity contribution in [2.45, 2.75) is 50.6 Å². The number of amides is 1. The van der Waals surface area contributed by atoms with Crippen LogP contribution in [-0.4, -0.2) is 41.6 Å². The summed E-state index contributed by atoms with van der Waals surface area (Å²) in [5.74, 6) is 1.25. The lowest BCUT2D eigenvalue weighted by Gasteiger charge is -2.37. The molecule has 1 N–H and O–H groups in total. The van der Waals surface area contributed by atoms with Gasteiger partial charge in [0.05, 0.1) is 0 Å². The Kier molecular flexibility index (Phi) is 3.31. The van der Waals surface area contributed by atoms with Gasteiger partial charge in [0.15, 0.2) is 5.69 Å². The van der Waals surface area contributed by atoms with Gasteiger partial charge in [0.1, 0.15) is 5.76 Å². The van der Waals surface area contributed by atoms with E-state index in [-0.39, 0.29) is 11.9 Å². The summed E-state index contributed by atoms with van der Waals surface area (Å²) in [6.45, 7) is 3.26. The van der Waals surface area contributed by atoms with Crippen LogP contribution in [0.15, 0.2) is 10.6 Å². The molecule has 104 valence electrons. The third-order valence-corrected chi connectivity index (χ3v) is 4.36. The Hall–Kier alpha value is -1.36. The molecule has 2 atom stereocenters. The van der Waals surface area contributed by atoms with Crippen LogP contribution in [-0.2, 0) is 0 Å². The molecule has 1 saturated heterocycles. The third-order valence-electron chi connectivity index (χ3n) is 4.36. The van der Waals surface area contributed by atoms with Crippen molar-refractivity contribution in [3.8, 4) is 0 Å². The molecule has 19 heavy (non-hydrogen) atoms. The molecule has 1 aliphatic carbocycles. The van der Waals surface area contributed by atoms with Gasteiger partial charge in [-0.05, 0) is 46.2 Å². The molecule has 2 aliphatic rings. The van der Waals surface area contributed by atoms with Gasteiger partial charge in [0, 0.05) is 24.1 Å². The highest BCUT2D eigenvalue weighted by molar-refractivity contribution is 5.92. The van der Waals surface area contributed by atoms with E-state index in [0.717, 1.165) is 38.0 Å². The Labute approximate surface area is 113 Å². The van der Waals surface area contributed by atoms with Gasteiger partial charge >= 0.3 is 0 Å². The molecule has 0 radical (unpaired) electrons. The van der Waals surface area contributed by atoms with Crippen LogP contribution in [0.3, 0.4) is 0 Å². The minimum atomic E-state index is -0.109. The molecular weight excluding hydrogens is 242 g/mol. The number of nitrogens with zero attached hydrogens (tertiary/aromatic N) is 2. The lowest BCUT2D eigenvalue weighted by atomic mass is 9.98.